The Bertz CT molecular complexity index is 581. The SMILES string of the molecule is COC(=O)C1=CC(B2OC(C)(C)C(C)(C)O2)=CC2NN=NC12. The van der Waals surface area contributed by atoms with Crippen LogP contribution in [0.2, 0.25) is 0 Å². The molecule has 0 saturated carbocycles. The minimum atomic E-state index is -0.534. The van der Waals surface area contributed by atoms with Crippen molar-refractivity contribution in [2.45, 2.75) is 51.0 Å². The number of fused-ring (bicyclic) bond motifs is 1. The van der Waals surface area contributed by atoms with Gasteiger partial charge in [-0.1, -0.05) is 11.3 Å². The summed E-state index contributed by atoms with van der Waals surface area (Å²) in [5.74, 6) is -0.417. The van der Waals surface area contributed by atoms with E-state index in [0.29, 0.717) is 5.57 Å². The molecule has 0 aromatic carbocycles. The van der Waals surface area contributed by atoms with Crippen LogP contribution < -0.4 is 5.43 Å². The molecule has 0 aromatic rings. The normalized spacial score (nSPS) is 31.2. The Hall–Kier alpha value is -1.67. The molecule has 2 heterocycles. The fraction of sp³-hybridized carbons (Fsp3) is 0.643. The highest BCUT2D eigenvalue weighted by molar-refractivity contribution is 6.55. The summed E-state index contributed by atoms with van der Waals surface area (Å²) in [6.07, 6.45) is 3.68. The highest BCUT2D eigenvalue weighted by atomic mass is 16.7. The maximum atomic E-state index is 12.0. The maximum absolute atomic E-state index is 12.0. The summed E-state index contributed by atoms with van der Waals surface area (Å²) in [5.41, 5.74) is 3.24. The third-order valence-corrected chi connectivity index (χ3v) is 4.69. The lowest BCUT2D eigenvalue weighted by Crippen LogP contribution is -2.41. The van der Waals surface area contributed by atoms with Gasteiger partial charge in [0.25, 0.3) is 0 Å². The summed E-state index contributed by atoms with van der Waals surface area (Å²) in [6, 6.07) is -0.549. The monoisotopic (exact) mass is 305 g/mol. The largest absolute Gasteiger partial charge is 0.494 e. The molecule has 3 rings (SSSR count). The third-order valence-electron chi connectivity index (χ3n) is 4.69. The predicted molar refractivity (Wildman–Crippen MR) is 79.8 cm³/mol. The first-order chi connectivity index (χ1) is 10.2. The minimum absolute atomic E-state index is 0.187. The number of hydrogen-bond acceptors (Lipinski definition) is 7. The number of rotatable bonds is 2. The van der Waals surface area contributed by atoms with E-state index < -0.39 is 24.3 Å². The first-order valence-corrected chi connectivity index (χ1v) is 7.28. The molecule has 3 aliphatic rings. The molecule has 1 fully saturated rings. The van der Waals surface area contributed by atoms with Gasteiger partial charge in [0.15, 0.2) is 0 Å². The fourth-order valence-corrected chi connectivity index (χ4v) is 2.63. The topological polar surface area (TPSA) is 81.5 Å². The lowest BCUT2D eigenvalue weighted by Gasteiger charge is -2.32. The van der Waals surface area contributed by atoms with Gasteiger partial charge < -0.3 is 14.0 Å². The second-order valence-corrected chi connectivity index (χ2v) is 6.66. The van der Waals surface area contributed by atoms with Crippen molar-refractivity contribution in [2.24, 2.45) is 10.3 Å². The number of carbonyl (C=O) groups excluding carboxylic acids is 1. The average molecular weight is 305 g/mol. The molecule has 0 bridgehead atoms. The Balaban J connectivity index is 1.92. The van der Waals surface area contributed by atoms with Crippen LogP contribution in [-0.2, 0) is 18.8 Å². The fourth-order valence-electron chi connectivity index (χ4n) is 2.63. The van der Waals surface area contributed by atoms with Crippen molar-refractivity contribution in [3.63, 3.8) is 0 Å². The molecule has 2 aliphatic heterocycles. The Morgan fingerprint density at radius 1 is 1.32 bits per heavy atom. The first kappa shape index (κ1) is 15.2. The van der Waals surface area contributed by atoms with Gasteiger partial charge in [-0.05, 0) is 39.2 Å². The smallest absolute Gasteiger partial charge is 0.466 e. The van der Waals surface area contributed by atoms with E-state index in [1.807, 2.05) is 33.8 Å². The van der Waals surface area contributed by atoms with Crippen molar-refractivity contribution in [3.05, 3.63) is 23.2 Å². The molecule has 7 nitrogen and oxygen atoms in total. The van der Waals surface area contributed by atoms with Gasteiger partial charge in [0.1, 0.15) is 6.04 Å². The second-order valence-electron chi connectivity index (χ2n) is 6.66. The van der Waals surface area contributed by atoms with Gasteiger partial charge in [-0.15, -0.1) is 0 Å². The number of nitrogens with one attached hydrogen (secondary N) is 1. The van der Waals surface area contributed by atoms with E-state index in [2.05, 4.69) is 15.8 Å². The summed E-state index contributed by atoms with van der Waals surface area (Å²) in [6.45, 7) is 7.95. The molecule has 0 spiro atoms. The third kappa shape index (κ3) is 2.26. The zero-order valence-electron chi connectivity index (χ0n) is 13.4. The number of nitrogens with zero attached hydrogens (tertiary/aromatic N) is 2. The Morgan fingerprint density at radius 2 is 1.95 bits per heavy atom. The van der Waals surface area contributed by atoms with E-state index >= 15 is 0 Å². The summed E-state index contributed by atoms with van der Waals surface area (Å²) in [5, 5.41) is 7.86. The molecule has 0 amide bonds. The van der Waals surface area contributed by atoms with E-state index in [1.165, 1.54) is 7.11 Å². The quantitative estimate of drug-likeness (QED) is 0.615. The van der Waals surface area contributed by atoms with Gasteiger partial charge in [-0.25, -0.2) is 4.79 Å². The molecule has 118 valence electrons. The summed E-state index contributed by atoms with van der Waals surface area (Å²) in [7, 11) is 0.817. The van der Waals surface area contributed by atoms with Gasteiger partial charge >= 0.3 is 13.1 Å². The Labute approximate surface area is 129 Å². The van der Waals surface area contributed by atoms with Crippen LogP contribution >= 0.6 is 0 Å². The summed E-state index contributed by atoms with van der Waals surface area (Å²) >= 11 is 0. The molecule has 1 N–H and O–H groups in total. The van der Waals surface area contributed by atoms with E-state index in [9.17, 15) is 4.79 Å². The van der Waals surface area contributed by atoms with Gasteiger partial charge in [0.2, 0.25) is 0 Å². The molecular weight excluding hydrogens is 285 g/mol. The lowest BCUT2D eigenvalue weighted by atomic mass is 9.72. The predicted octanol–water partition coefficient (Wildman–Crippen LogP) is 1.36. The van der Waals surface area contributed by atoms with Gasteiger partial charge in [-0.2, -0.15) is 5.11 Å². The van der Waals surface area contributed by atoms with Crippen LogP contribution in [0.5, 0.6) is 0 Å². The zero-order valence-corrected chi connectivity index (χ0v) is 13.4. The van der Waals surface area contributed by atoms with Crippen LogP contribution in [0, 0.1) is 0 Å². The van der Waals surface area contributed by atoms with Crippen molar-refractivity contribution in [1.82, 2.24) is 5.43 Å². The standard InChI is InChI=1S/C14H20BN3O4/c1-13(2)14(3,4)22-15(21-13)8-6-9(12(19)20-5)11-10(7-8)16-18-17-11/h6-7,10-11H,1-5H3,(H,16,17). The van der Waals surface area contributed by atoms with Crippen LogP contribution in [-0.4, -0.2) is 43.5 Å². The van der Waals surface area contributed by atoms with Crippen LogP contribution in [0.15, 0.2) is 33.5 Å². The first-order valence-electron chi connectivity index (χ1n) is 7.28. The van der Waals surface area contributed by atoms with Gasteiger partial charge in [-0.3, -0.25) is 5.43 Å². The number of allylic oxidation sites excluding steroid dienone is 2. The number of hydrogen-bond donors (Lipinski definition) is 1. The number of methoxy groups -OCH3 is 1. The van der Waals surface area contributed by atoms with Crippen LogP contribution in [0.3, 0.4) is 0 Å². The average Bonchev–Trinajstić information content (AvgIpc) is 2.99. The highest BCUT2D eigenvalue weighted by Gasteiger charge is 2.53. The Morgan fingerprint density at radius 3 is 2.55 bits per heavy atom. The number of ether oxygens (including phenoxy) is 1. The molecule has 8 heteroatoms. The Kier molecular flexibility index (Phi) is 3.41. The molecule has 1 saturated heterocycles. The maximum Gasteiger partial charge on any atom is 0.494 e. The second kappa shape index (κ2) is 4.92. The highest BCUT2D eigenvalue weighted by Crippen LogP contribution is 2.40. The number of carbonyl (C=O) groups is 1. The van der Waals surface area contributed by atoms with E-state index in [0.717, 1.165) is 5.47 Å². The van der Waals surface area contributed by atoms with Crippen molar-refractivity contribution in [2.75, 3.05) is 7.11 Å². The van der Waals surface area contributed by atoms with Crippen molar-refractivity contribution in [3.8, 4) is 0 Å². The van der Waals surface area contributed by atoms with Crippen molar-refractivity contribution < 1.29 is 18.8 Å². The molecular formula is C14H20BN3O4. The summed E-state index contributed by atoms with van der Waals surface area (Å²) in [4.78, 5) is 12.0. The minimum Gasteiger partial charge on any atom is -0.466 e. The molecule has 1 aliphatic carbocycles. The molecule has 22 heavy (non-hydrogen) atoms. The molecule has 2 atom stereocenters. The van der Waals surface area contributed by atoms with Gasteiger partial charge in [0, 0.05) is 0 Å². The lowest BCUT2D eigenvalue weighted by molar-refractivity contribution is -0.136. The van der Waals surface area contributed by atoms with Crippen molar-refractivity contribution >= 4 is 13.1 Å². The number of esters is 1. The van der Waals surface area contributed by atoms with E-state index in [4.69, 9.17) is 14.0 Å². The van der Waals surface area contributed by atoms with Gasteiger partial charge in [0.05, 0.1) is 29.9 Å². The molecule has 0 radical (unpaired) electrons. The van der Waals surface area contributed by atoms with Crippen LogP contribution in [0.1, 0.15) is 27.7 Å². The van der Waals surface area contributed by atoms with Crippen molar-refractivity contribution in [1.29, 1.82) is 0 Å². The molecule has 2 unspecified atom stereocenters. The van der Waals surface area contributed by atoms with E-state index in [-0.39, 0.29) is 12.1 Å². The summed E-state index contributed by atoms with van der Waals surface area (Å²) < 4.78 is 16.9. The molecule has 0 aromatic heterocycles. The van der Waals surface area contributed by atoms with Crippen LogP contribution in [0.25, 0.3) is 0 Å². The zero-order chi connectivity index (χ0) is 16.1. The van der Waals surface area contributed by atoms with E-state index in [1.54, 1.807) is 6.08 Å². The van der Waals surface area contributed by atoms with Crippen LogP contribution in [0.4, 0.5) is 0 Å².